The van der Waals surface area contributed by atoms with Crippen molar-refractivity contribution >= 4 is 0 Å². The molecule has 2 heteroatoms. The van der Waals surface area contributed by atoms with E-state index in [0.717, 1.165) is 0 Å². The van der Waals surface area contributed by atoms with Crippen molar-refractivity contribution in [3.63, 3.8) is 0 Å². The van der Waals surface area contributed by atoms with Crippen LogP contribution in [0.5, 0.6) is 0 Å². The maximum Gasteiger partial charge on any atom is 0.242 e. The van der Waals surface area contributed by atoms with E-state index in [9.17, 15) is 0 Å². The molecule has 0 aliphatic carbocycles. The average Bonchev–Trinajstić information content (AvgIpc) is 2.28. The Labute approximate surface area is 81.0 Å². The number of imidazole rings is 1. The summed E-state index contributed by atoms with van der Waals surface area (Å²) in [7, 11) is 0. The van der Waals surface area contributed by atoms with Crippen LogP contribution >= 0.6 is 0 Å². The lowest BCUT2D eigenvalue weighted by Gasteiger charge is -2.14. The number of rotatable bonds is 0. The Bertz CT molecular complexity index is 255. The van der Waals surface area contributed by atoms with E-state index in [-0.39, 0.29) is 11.0 Å². The first-order valence-electron chi connectivity index (χ1n) is 4.82. The van der Waals surface area contributed by atoms with Gasteiger partial charge < -0.3 is 0 Å². The van der Waals surface area contributed by atoms with E-state index in [0.29, 0.717) is 0 Å². The van der Waals surface area contributed by atoms with E-state index >= 15 is 0 Å². The molecule has 0 aliphatic heterocycles. The highest BCUT2D eigenvalue weighted by Crippen LogP contribution is 2.18. The average molecular weight is 181 g/mol. The van der Waals surface area contributed by atoms with Crippen LogP contribution in [-0.4, -0.2) is 4.98 Å². The Morgan fingerprint density at radius 2 is 1.62 bits per heavy atom. The van der Waals surface area contributed by atoms with Crippen molar-refractivity contribution in [1.82, 2.24) is 4.98 Å². The zero-order valence-electron chi connectivity index (χ0n) is 9.60. The van der Waals surface area contributed by atoms with E-state index in [1.165, 1.54) is 5.69 Å². The predicted molar refractivity (Wildman–Crippen MR) is 54.7 cm³/mol. The Kier molecular flexibility index (Phi) is 2.27. The third-order valence-corrected chi connectivity index (χ3v) is 2.21. The molecule has 0 saturated carbocycles. The molecule has 1 N–H and O–H groups in total. The predicted octanol–water partition coefficient (Wildman–Crippen LogP) is 2.35. The van der Waals surface area contributed by atoms with Crippen molar-refractivity contribution in [2.45, 2.75) is 52.5 Å². The van der Waals surface area contributed by atoms with Gasteiger partial charge in [-0.25, -0.2) is 9.55 Å². The number of aromatic amines is 1. The van der Waals surface area contributed by atoms with Crippen molar-refractivity contribution in [1.29, 1.82) is 0 Å². The fraction of sp³-hybridized carbons (Fsp3) is 0.727. The molecule has 0 spiro atoms. The number of aromatic nitrogens is 2. The number of nitrogens with zero attached hydrogens (tertiary/aromatic N) is 1. The molecule has 0 radical (unpaired) electrons. The third-order valence-electron chi connectivity index (χ3n) is 2.21. The summed E-state index contributed by atoms with van der Waals surface area (Å²) < 4.78 is 2.22. The summed E-state index contributed by atoms with van der Waals surface area (Å²) in [6.45, 7) is 13.2. The second kappa shape index (κ2) is 2.86. The normalized spacial score (nSPS) is 13.4. The van der Waals surface area contributed by atoms with Gasteiger partial charge in [0.05, 0.1) is 0 Å². The largest absolute Gasteiger partial charge is 0.247 e. The summed E-state index contributed by atoms with van der Waals surface area (Å²) in [5.41, 5.74) is 1.65. The van der Waals surface area contributed by atoms with Crippen LogP contribution in [0, 0.1) is 0 Å². The Morgan fingerprint density at radius 1 is 1.08 bits per heavy atom. The first-order valence-corrected chi connectivity index (χ1v) is 4.82. The minimum atomic E-state index is 0.167. The highest BCUT2D eigenvalue weighted by molar-refractivity contribution is 5.04. The first-order chi connectivity index (χ1) is 5.71. The first kappa shape index (κ1) is 10.3. The van der Waals surface area contributed by atoms with Gasteiger partial charge in [-0.3, -0.25) is 0 Å². The van der Waals surface area contributed by atoms with Crippen LogP contribution in [0.1, 0.15) is 47.2 Å². The lowest BCUT2D eigenvalue weighted by molar-refractivity contribution is -0.753. The second-order valence-electron chi connectivity index (χ2n) is 5.64. The molecule has 1 rings (SSSR count). The zero-order valence-corrected chi connectivity index (χ0v) is 9.60. The molecule has 13 heavy (non-hydrogen) atoms. The van der Waals surface area contributed by atoms with Crippen LogP contribution in [0.4, 0.5) is 0 Å². The molecule has 1 aromatic heterocycles. The monoisotopic (exact) mass is 181 g/mol. The molecule has 0 fully saturated rings. The third kappa shape index (κ3) is 2.33. The van der Waals surface area contributed by atoms with Gasteiger partial charge in [-0.05, 0) is 20.8 Å². The van der Waals surface area contributed by atoms with Gasteiger partial charge in [0.15, 0.2) is 0 Å². The topological polar surface area (TPSA) is 19.7 Å². The van der Waals surface area contributed by atoms with Gasteiger partial charge in [-0.1, -0.05) is 20.8 Å². The van der Waals surface area contributed by atoms with E-state index in [1.807, 2.05) is 6.33 Å². The lowest BCUT2D eigenvalue weighted by atomic mass is 9.93. The molecular weight excluding hydrogens is 160 g/mol. The van der Waals surface area contributed by atoms with Crippen molar-refractivity contribution in [3.8, 4) is 0 Å². The van der Waals surface area contributed by atoms with Crippen LogP contribution in [-0.2, 0) is 11.0 Å². The van der Waals surface area contributed by atoms with Crippen LogP contribution in [0.25, 0.3) is 0 Å². The van der Waals surface area contributed by atoms with E-state index in [2.05, 4.69) is 57.3 Å². The SMILES string of the molecule is CC(C)(C)c1c[n+](C(C)(C)C)c[nH]1. The Balaban J connectivity index is 3.01. The van der Waals surface area contributed by atoms with Gasteiger partial charge in [0.2, 0.25) is 6.33 Å². The van der Waals surface area contributed by atoms with E-state index in [1.54, 1.807) is 0 Å². The molecule has 1 heterocycles. The van der Waals surface area contributed by atoms with Crippen molar-refractivity contribution < 1.29 is 4.57 Å². The number of nitrogens with one attached hydrogen (secondary N) is 1. The van der Waals surface area contributed by atoms with Crippen LogP contribution < -0.4 is 4.57 Å². The summed E-state index contributed by atoms with van der Waals surface area (Å²) in [5, 5.41) is 0. The molecular formula is C11H21N2+. The maximum absolute atomic E-state index is 3.32. The molecule has 0 atom stereocenters. The van der Waals surface area contributed by atoms with Gasteiger partial charge >= 0.3 is 0 Å². The van der Waals surface area contributed by atoms with Gasteiger partial charge in [-0.2, -0.15) is 0 Å². The zero-order chi connectivity index (χ0) is 10.3. The quantitative estimate of drug-likeness (QED) is 0.593. The minimum absolute atomic E-state index is 0.167. The molecule has 2 nitrogen and oxygen atoms in total. The fourth-order valence-electron chi connectivity index (χ4n) is 1.15. The van der Waals surface area contributed by atoms with Crippen molar-refractivity contribution in [2.75, 3.05) is 0 Å². The van der Waals surface area contributed by atoms with Gasteiger partial charge in [-0.15, -0.1) is 0 Å². The molecule has 0 amide bonds. The lowest BCUT2D eigenvalue weighted by Crippen LogP contribution is -2.48. The summed E-state index contributed by atoms with van der Waals surface area (Å²) in [6.07, 6.45) is 4.24. The second-order valence-corrected chi connectivity index (χ2v) is 5.64. The molecule has 1 aromatic rings. The Morgan fingerprint density at radius 3 is 1.85 bits per heavy atom. The summed E-state index contributed by atoms with van der Waals surface area (Å²) in [6, 6.07) is 0. The van der Waals surface area contributed by atoms with E-state index < -0.39 is 0 Å². The van der Waals surface area contributed by atoms with Crippen molar-refractivity contribution in [2.24, 2.45) is 0 Å². The Hall–Kier alpha value is -0.790. The number of hydrogen-bond acceptors (Lipinski definition) is 0. The van der Waals surface area contributed by atoms with Gasteiger partial charge in [0.25, 0.3) is 0 Å². The number of hydrogen-bond donors (Lipinski definition) is 1. The molecule has 0 saturated heterocycles. The smallest absolute Gasteiger partial charge is 0.242 e. The molecule has 0 unspecified atom stereocenters. The molecule has 0 aliphatic rings. The summed E-state index contributed by atoms with van der Waals surface area (Å²) in [5.74, 6) is 0. The highest BCUT2D eigenvalue weighted by atomic mass is 15.1. The maximum atomic E-state index is 3.32. The highest BCUT2D eigenvalue weighted by Gasteiger charge is 2.25. The van der Waals surface area contributed by atoms with Gasteiger partial charge in [0.1, 0.15) is 17.4 Å². The fourth-order valence-corrected chi connectivity index (χ4v) is 1.15. The number of H-pyrrole nitrogens is 1. The van der Waals surface area contributed by atoms with Crippen LogP contribution in [0.3, 0.4) is 0 Å². The molecule has 0 bridgehead atoms. The summed E-state index contributed by atoms with van der Waals surface area (Å²) >= 11 is 0. The molecule has 0 aromatic carbocycles. The van der Waals surface area contributed by atoms with Crippen LogP contribution in [0.15, 0.2) is 12.5 Å². The summed E-state index contributed by atoms with van der Waals surface area (Å²) in [4.78, 5) is 3.32. The molecule has 74 valence electrons. The van der Waals surface area contributed by atoms with Gasteiger partial charge in [0, 0.05) is 5.41 Å². The standard InChI is InChI=1S/C11H20N2/c1-10(2,3)9-7-13(8-12-9)11(4,5)6/h7-8H,1-6H3/p+1. The minimum Gasteiger partial charge on any atom is -0.247 e. The van der Waals surface area contributed by atoms with Crippen LogP contribution in [0.2, 0.25) is 0 Å². The van der Waals surface area contributed by atoms with E-state index in [4.69, 9.17) is 0 Å². The van der Waals surface area contributed by atoms with Crippen molar-refractivity contribution in [3.05, 3.63) is 18.2 Å².